The fraction of sp³-hybridized carbons (Fsp3) is 0. The maximum atomic E-state index is 0. The van der Waals surface area contributed by atoms with Crippen molar-refractivity contribution in [2.24, 2.45) is 0 Å². The van der Waals surface area contributed by atoms with Gasteiger partial charge < -0.3 is 11.0 Å². The van der Waals surface area contributed by atoms with Crippen LogP contribution in [0.1, 0.15) is 0 Å². The second-order valence-electron chi connectivity index (χ2n) is 0. The Kier molecular flexibility index (Phi) is 638. The number of hydrogen-bond donors (Lipinski definition) is 0. The van der Waals surface area contributed by atoms with Crippen molar-refractivity contribution in [2.75, 3.05) is 0 Å². The Balaban J connectivity index is 0. The van der Waals surface area contributed by atoms with Gasteiger partial charge in [-0.3, -0.25) is 0 Å². The van der Waals surface area contributed by atoms with E-state index in [0.717, 1.165) is 0 Å². The van der Waals surface area contributed by atoms with Crippen LogP contribution in [-0.2, 0) is 60.7 Å². The van der Waals surface area contributed by atoms with Crippen molar-refractivity contribution in [2.45, 2.75) is 0 Å². The molecular weight excluding hydrogens is 280 g/mol. The molecule has 0 aliphatic rings. The third-order valence-electron chi connectivity index (χ3n) is 0. The van der Waals surface area contributed by atoms with Crippen LogP contribution < -0.4 is 0 Å². The molecule has 0 aromatic rings. The van der Waals surface area contributed by atoms with E-state index in [0.29, 0.717) is 0 Å². The first-order chi connectivity index (χ1) is 0. The summed E-state index contributed by atoms with van der Waals surface area (Å²) < 4.78 is 0. The predicted molar refractivity (Wildman–Crippen MR) is 17.2 cm³/mol. The number of hydrogen-bond acceptors (Lipinski definition) is 0. The van der Waals surface area contributed by atoms with Crippen molar-refractivity contribution in [3.63, 3.8) is 0 Å². The molecule has 6 heteroatoms. The van der Waals surface area contributed by atoms with Gasteiger partial charge >= 0.3 is 19.8 Å². The van der Waals surface area contributed by atoms with Crippen LogP contribution in [0.2, 0.25) is 0 Å². The average molecular weight is 287 g/mol. The first-order valence-corrected chi connectivity index (χ1v) is 0. The van der Waals surface area contributed by atoms with Crippen molar-refractivity contribution in [1.82, 2.24) is 0 Å². The predicted octanol–water partition coefficient (Wildman–Crippen LogP) is -2.84. The standard InChI is InChI=1S/Ga.2H2O.Ti.2Zn.3H/h;2*1H2;;;;;;. The number of rotatable bonds is 0. The molecule has 0 aromatic carbocycles. The van der Waals surface area contributed by atoms with E-state index in [4.69, 9.17) is 0 Å². The monoisotopic (exact) mass is 284 g/mol. The quantitative estimate of drug-likeness (QED) is 0.431. The van der Waals surface area contributed by atoms with Gasteiger partial charge in [-0.05, 0) is 0 Å². The Labute approximate surface area is 90.3 Å². The summed E-state index contributed by atoms with van der Waals surface area (Å²) in [5.41, 5.74) is 0. The van der Waals surface area contributed by atoms with Gasteiger partial charge in [-0.15, -0.1) is 0 Å². The van der Waals surface area contributed by atoms with Crippen LogP contribution in [0.15, 0.2) is 0 Å². The molecule has 6 heavy (non-hydrogen) atoms. The third-order valence-corrected chi connectivity index (χ3v) is 0. The van der Waals surface area contributed by atoms with Crippen molar-refractivity contribution in [3.05, 3.63) is 0 Å². The first kappa shape index (κ1) is 76.0. The molecule has 0 rings (SSSR count). The van der Waals surface area contributed by atoms with E-state index in [2.05, 4.69) is 0 Å². The van der Waals surface area contributed by atoms with Gasteiger partial charge in [-0.2, -0.15) is 0 Å². The minimum absolute atomic E-state index is 0. The molecule has 4 N–H and O–H groups in total. The molecule has 0 radical (unpaired) electrons. The van der Waals surface area contributed by atoms with Crippen molar-refractivity contribution in [1.29, 1.82) is 0 Å². The smallest absolute Gasteiger partial charge is 0 e. The molecule has 0 aromatic heterocycles. The maximum Gasteiger partial charge on any atom is 0 e. The van der Waals surface area contributed by atoms with Crippen LogP contribution in [0.4, 0.5) is 0 Å². The van der Waals surface area contributed by atoms with Crippen LogP contribution in [0.25, 0.3) is 0 Å². The zero-order valence-corrected chi connectivity index (χ0v) is 10.4. The van der Waals surface area contributed by atoms with Gasteiger partial charge in [-0.1, -0.05) is 0 Å². The van der Waals surface area contributed by atoms with Crippen molar-refractivity contribution >= 4 is 19.8 Å². The first-order valence-electron chi connectivity index (χ1n) is 0. The van der Waals surface area contributed by atoms with E-state index < -0.39 is 0 Å². The Morgan fingerprint density at radius 1 is 0.667 bits per heavy atom. The molecule has 0 fully saturated rings. The molecule has 0 heterocycles. The summed E-state index contributed by atoms with van der Waals surface area (Å²) in [5.74, 6) is 0. The van der Waals surface area contributed by atoms with E-state index in [1.165, 1.54) is 0 Å². The fourth-order valence-electron chi connectivity index (χ4n) is 0. The summed E-state index contributed by atoms with van der Waals surface area (Å²) in [4.78, 5) is 0. The van der Waals surface area contributed by atoms with Gasteiger partial charge in [0.25, 0.3) is 0 Å². The zero-order valence-electron chi connectivity index (χ0n) is 2.91. The van der Waals surface area contributed by atoms with Crippen LogP contribution in [0.5, 0.6) is 0 Å². The molecule has 0 unspecified atom stereocenters. The molecule has 0 aliphatic carbocycles. The van der Waals surface area contributed by atoms with Crippen molar-refractivity contribution in [3.8, 4) is 0 Å². The fourth-order valence-corrected chi connectivity index (χ4v) is 0. The molecule has 0 bridgehead atoms. The normalized spacial score (nSPS) is 0. The molecule has 2 nitrogen and oxygen atoms in total. The summed E-state index contributed by atoms with van der Waals surface area (Å²) in [6.07, 6.45) is 0. The molecular formula is H7GaO2TiZn2. The van der Waals surface area contributed by atoms with Gasteiger partial charge in [0.05, 0.1) is 0 Å². The van der Waals surface area contributed by atoms with Crippen LogP contribution >= 0.6 is 0 Å². The molecule has 0 atom stereocenters. The second kappa shape index (κ2) is 50.4. The molecule has 30 valence electrons. The van der Waals surface area contributed by atoms with Gasteiger partial charge in [0.1, 0.15) is 0 Å². The van der Waals surface area contributed by atoms with E-state index in [9.17, 15) is 0 Å². The Morgan fingerprint density at radius 2 is 0.667 bits per heavy atom. The van der Waals surface area contributed by atoms with Crippen molar-refractivity contribution < 1.29 is 71.6 Å². The largest absolute Gasteiger partial charge is 0 e. The minimum atomic E-state index is 0. The summed E-state index contributed by atoms with van der Waals surface area (Å²) in [5, 5.41) is 0. The summed E-state index contributed by atoms with van der Waals surface area (Å²) >= 11 is 0. The van der Waals surface area contributed by atoms with Gasteiger partial charge in [0.2, 0.25) is 0 Å². The van der Waals surface area contributed by atoms with Gasteiger partial charge in [-0.25, -0.2) is 0 Å². The Morgan fingerprint density at radius 3 is 0.667 bits per heavy atom. The van der Waals surface area contributed by atoms with Gasteiger partial charge in [0, 0.05) is 60.7 Å². The topological polar surface area (TPSA) is 63.0 Å². The summed E-state index contributed by atoms with van der Waals surface area (Å²) in [7, 11) is 0. The SMILES string of the molecule is O.O.[GaH3].[Ti].[Zn].[Zn]. The Hall–Kier alpha value is 2.52. The minimum Gasteiger partial charge on any atom is 0 e. The molecule has 0 amide bonds. The van der Waals surface area contributed by atoms with E-state index in [1.54, 1.807) is 0 Å². The second-order valence-corrected chi connectivity index (χ2v) is 0. The molecule has 0 aliphatic heterocycles. The van der Waals surface area contributed by atoms with Crippen LogP contribution in [-0.4, -0.2) is 30.7 Å². The molecule has 0 saturated carbocycles. The Bertz CT molecular complexity index is 11.5. The van der Waals surface area contributed by atoms with Crippen LogP contribution in [0.3, 0.4) is 0 Å². The third kappa shape index (κ3) is 31.3. The molecule has 0 saturated heterocycles. The summed E-state index contributed by atoms with van der Waals surface area (Å²) in [6, 6.07) is 0. The average Bonchev–Trinajstić information content (AvgIpc) is 0. The maximum absolute atomic E-state index is 0. The summed E-state index contributed by atoms with van der Waals surface area (Å²) in [6.45, 7) is 0. The molecule has 0 spiro atoms. The zero-order chi connectivity index (χ0) is 0. The van der Waals surface area contributed by atoms with Gasteiger partial charge in [0.15, 0.2) is 0 Å². The van der Waals surface area contributed by atoms with Crippen LogP contribution in [0, 0.1) is 0 Å². The van der Waals surface area contributed by atoms with E-state index >= 15 is 0 Å². The van der Waals surface area contributed by atoms with E-state index in [-0.39, 0.29) is 91.4 Å². The van der Waals surface area contributed by atoms with E-state index in [1.807, 2.05) is 0 Å².